The van der Waals surface area contributed by atoms with Crippen LogP contribution in [0.3, 0.4) is 0 Å². The summed E-state index contributed by atoms with van der Waals surface area (Å²) in [6.45, 7) is 5.96. The maximum Gasteiger partial charge on any atom is 0.138 e. The maximum absolute atomic E-state index is 9.68. The minimum atomic E-state index is 0.228. The third-order valence-electron chi connectivity index (χ3n) is 8.51. The van der Waals surface area contributed by atoms with Gasteiger partial charge in [-0.2, -0.15) is 0 Å². The lowest BCUT2D eigenvalue weighted by atomic mass is 10.1. The number of imidazole rings is 2. The van der Waals surface area contributed by atoms with Crippen LogP contribution < -0.4 is 4.90 Å². The molecular weight excluding hydrogens is 560 g/mol. The minimum absolute atomic E-state index is 0.228. The summed E-state index contributed by atoms with van der Waals surface area (Å²) >= 11 is 0. The lowest BCUT2D eigenvalue weighted by Crippen LogP contribution is -2.44. The number of fused-ring (bicyclic) bond motifs is 2. The predicted molar refractivity (Wildman–Crippen MR) is 179 cm³/mol. The average Bonchev–Trinajstić information content (AvgIpc) is 3.69. The Labute approximate surface area is 260 Å². The van der Waals surface area contributed by atoms with Crippen molar-refractivity contribution in [1.82, 2.24) is 34.8 Å². The summed E-state index contributed by atoms with van der Waals surface area (Å²) in [5, 5.41) is 9.68. The molecule has 1 aliphatic heterocycles. The van der Waals surface area contributed by atoms with E-state index in [2.05, 4.69) is 51.1 Å². The van der Waals surface area contributed by atoms with Gasteiger partial charge in [0.1, 0.15) is 17.4 Å². The van der Waals surface area contributed by atoms with Crippen LogP contribution in [0.15, 0.2) is 91.0 Å². The molecule has 1 saturated heterocycles. The van der Waals surface area contributed by atoms with Crippen LogP contribution in [0, 0.1) is 6.92 Å². The molecule has 0 amide bonds. The molecule has 3 aromatic carbocycles. The van der Waals surface area contributed by atoms with Crippen molar-refractivity contribution in [2.24, 2.45) is 0 Å². The first kappa shape index (κ1) is 27.0. The van der Waals surface area contributed by atoms with Crippen LogP contribution in [-0.2, 0) is 0 Å². The van der Waals surface area contributed by atoms with Gasteiger partial charge in [0, 0.05) is 54.3 Å². The van der Waals surface area contributed by atoms with Gasteiger partial charge in [-0.15, -0.1) is 0 Å². The fourth-order valence-corrected chi connectivity index (χ4v) is 6.01. The zero-order valence-corrected chi connectivity index (χ0v) is 25.1. The quantitative estimate of drug-likeness (QED) is 0.205. The number of hydrogen-bond acceptors (Lipinski definition) is 7. The molecule has 3 N–H and O–H groups in total. The third kappa shape index (κ3) is 5.17. The predicted octanol–water partition coefficient (Wildman–Crippen LogP) is 6.66. The van der Waals surface area contributed by atoms with E-state index in [1.807, 2.05) is 61.5 Å². The summed E-state index contributed by atoms with van der Waals surface area (Å²) in [4.78, 5) is 31.6. The molecule has 0 unspecified atom stereocenters. The Balaban J connectivity index is 1.23. The second-order valence-corrected chi connectivity index (χ2v) is 11.7. The van der Waals surface area contributed by atoms with Crippen LogP contribution in [-0.4, -0.2) is 73.1 Å². The summed E-state index contributed by atoms with van der Waals surface area (Å²) in [7, 11) is 2.17. The summed E-state index contributed by atoms with van der Waals surface area (Å²) in [6, 6.07) is 29.7. The van der Waals surface area contributed by atoms with E-state index in [4.69, 9.17) is 19.9 Å². The number of phenols is 1. The van der Waals surface area contributed by atoms with Crippen molar-refractivity contribution in [3.63, 3.8) is 0 Å². The van der Waals surface area contributed by atoms with E-state index in [-0.39, 0.29) is 5.75 Å². The Hall–Kier alpha value is -5.54. The molecule has 45 heavy (non-hydrogen) atoms. The van der Waals surface area contributed by atoms with Crippen molar-refractivity contribution < 1.29 is 5.11 Å². The van der Waals surface area contributed by atoms with E-state index in [9.17, 15) is 5.11 Å². The number of rotatable bonds is 5. The molecule has 4 aromatic heterocycles. The number of hydrogen-bond donors (Lipinski definition) is 3. The van der Waals surface area contributed by atoms with Gasteiger partial charge in [0.2, 0.25) is 0 Å². The summed E-state index contributed by atoms with van der Waals surface area (Å²) in [6.07, 6.45) is 0. The minimum Gasteiger partial charge on any atom is -0.508 e. The number of phenolic OH excluding ortho intramolecular Hbond substituents is 1. The standard InChI is InChI=1S/C36H32N8O/c1-22-5-3-7-29(37-22)30-8-4-6-28(38-30)27-20-25(44-17-15-43(2)16-18-44)21-33-34(27)42-36(41-33)24-11-14-31-32(19-24)40-35(39-31)23-9-12-26(45)13-10-23/h3-14,19-21,45H,15-18H2,1-2H3,(H,39,40)(H,41,42). The second-order valence-electron chi connectivity index (χ2n) is 11.7. The van der Waals surface area contributed by atoms with Gasteiger partial charge in [-0.3, -0.25) is 4.98 Å². The highest BCUT2D eigenvalue weighted by molar-refractivity contribution is 5.96. The average molecular weight is 593 g/mol. The molecule has 0 spiro atoms. The van der Waals surface area contributed by atoms with E-state index >= 15 is 0 Å². The zero-order valence-electron chi connectivity index (χ0n) is 25.1. The smallest absolute Gasteiger partial charge is 0.138 e. The van der Waals surface area contributed by atoms with E-state index in [0.29, 0.717) is 0 Å². The molecule has 0 bridgehead atoms. The van der Waals surface area contributed by atoms with Crippen molar-refractivity contribution >= 4 is 27.8 Å². The third-order valence-corrected chi connectivity index (χ3v) is 8.51. The SMILES string of the molecule is Cc1cccc(-c2cccc(-c3cc(N4CCN(C)CC4)cc4[nH]c(-c5ccc6nc(-c7ccc(O)cc7)[nH]c6c5)nc34)n2)n1. The molecule has 0 radical (unpaired) electrons. The number of aromatic amines is 2. The number of nitrogens with zero attached hydrogens (tertiary/aromatic N) is 6. The molecule has 8 rings (SSSR count). The molecule has 9 heteroatoms. The number of aryl methyl sites for hydroxylation is 1. The summed E-state index contributed by atoms with van der Waals surface area (Å²) < 4.78 is 0. The lowest BCUT2D eigenvalue weighted by Gasteiger charge is -2.34. The Bertz CT molecular complexity index is 2170. The Morgan fingerprint density at radius 3 is 2.13 bits per heavy atom. The molecule has 0 saturated carbocycles. The van der Waals surface area contributed by atoms with Gasteiger partial charge in [-0.1, -0.05) is 12.1 Å². The molecule has 222 valence electrons. The van der Waals surface area contributed by atoms with Crippen LogP contribution in [0.1, 0.15) is 5.69 Å². The number of H-pyrrole nitrogens is 2. The van der Waals surface area contributed by atoms with Gasteiger partial charge in [-0.05, 0) is 92.8 Å². The second kappa shape index (κ2) is 10.9. The van der Waals surface area contributed by atoms with Crippen molar-refractivity contribution in [2.75, 3.05) is 38.1 Å². The van der Waals surface area contributed by atoms with Crippen molar-refractivity contribution in [3.05, 3.63) is 96.7 Å². The number of anilines is 1. The molecule has 0 atom stereocenters. The number of benzene rings is 3. The van der Waals surface area contributed by atoms with Gasteiger partial charge in [0.25, 0.3) is 0 Å². The van der Waals surface area contributed by atoms with Crippen molar-refractivity contribution in [1.29, 1.82) is 0 Å². The highest BCUT2D eigenvalue weighted by Gasteiger charge is 2.20. The first-order valence-electron chi connectivity index (χ1n) is 15.2. The number of nitrogens with one attached hydrogen (secondary N) is 2. The number of piperazine rings is 1. The Morgan fingerprint density at radius 2 is 1.33 bits per heavy atom. The molecule has 9 nitrogen and oxygen atoms in total. The summed E-state index contributed by atoms with van der Waals surface area (Å²) in [5.74, 6) is 1.76. The number of aromatic hydroxyl groups is 1. The fourth-order valence-electron chi connectivity index (χ4n) is 6.01. The number of pyridine rings is 2. The number of aromatic nitrogens is 6. The molecule has 1 fully saturated rings. The Morgan fingerprint density at radius 1 is 0.644 bits per heavy atom. The van der Waals surface area contributed by atoms with E-state index in [0.717, 1.165) is 105 Å². The van der Waals surface area contributed by atoms with Crippen LogP contribution in [0.25, 0.3) is 67.5 Å². The van der Waals surface area contributed by atoms with Crippen LogP contribution >= 0.6 is 0 Å². The number of likely N-dealkylation sites (N-methyl/N-ethyl adjacent to an activating group) is 1. The topological polar surface area (TPSA) is 110 Å². The summed E-state index contributed by atoms with van der Waals surface area (Å²) in [5.41, 5.74) is 11.1. The normalized spacial score (nSPS) is 14.0. The van der Waals surface area contributed by atoms with Gasteiger partial charge in [-0.25, -0.2) is 15.0 Å². The first-order valence-corrected chi connectivity index (χ1v) is 15.2. The van der Waals surface area contributed by atoms with Gasteiger partial charge < -0.3 is 24.9 Å². The van der Waals surface area contributed by atoms with Gasteiger partial charge in [0.05, 0.1) is 39.1 Å². The van der Waals surface area contributed by atoms with Gasteiger partial charge >= 0.3 is 0 Å². The largest absolute Gasteiger partial charge is 0.508 e. The monoisotopic (exact) mass is 592 g/mol. The van der Waals surface area contributed by atoms with E-state index < -0.39 is 0 Å². The Kier molecular flexibility index (Phi) is 6.53. The zero-order chi connectivity index (χ0) is 30.5. The molecular formula is C36H32N8O. The maximum atomic E-state index is 9.68. The van der Waals surface area contributed by atoms with Gasteiger partial charge in [0.15, 0.2) is 0 Å². The molecule has 1 aliphatic rings. The highest BCUT2D eigenvalue weighted by Crippen LogP contribution is 2.35. The molecule has 7 aromatic rings. The first-order chi connectivity index (χ1) is 22.0. The lowest BCUT2D eigenvalue weighted by molar-refractivity contribution is 0.313. The van der Waals surface area contributed by atoms with Crippen molar-refractivity contribution in [2.45, 2.75) is 6.92 Å². The van der Waals surface area contributed by atoms with E-state index in [1.54, 1.807) is 12.1 Å². The van der Waals surface area contributed by atoms with E-state index in [1.165, 1.54) is 0 Å². The fraction of sp³-hybridized carbons (Fsp3) is 0.167. The van der Waals surface area contributed by atoms with Crippen molar-refractivity contribution in [3.8, 4) is 51.2 Å². The molecule has 0 aliphatic carbocycles. The van der Waals surface area contributed by atoms with Crippen LogP contribution in [0.4, 0.5) is 5.69 Å². The van der Waals surface area contributed by atoms with Crippen LogP contribution in [0.2, 0.25) is 0 Å². The van der Waals surface area contributed by atoms with Crippen LogP contribution in [0.5, 0.6) is 5.75 Å². The highest BCUT2D eigenvalue weighted by atomic mass is 16.3. The molecule has 5 heterocycles.